The number of nitrogens with zero attached hydrogens (tertiary/aromatic N) is 5. The molecule has 0 atom stereocenters. The zero-order valence-corrected chi connectivity index (χ0v) is 12.2. The molecule has 0 spiro atoms. The fourth-order valence-electron chi connectivity index (χ4n) is 2.23. The van der Waals surface area contributed by atoms with Crippen LogP contribution in [-0.2, 0) is 13.1 Å². The van der Waals surface area contributed by atoms with Gasteiger partial charge in [-0.15, -0.1) is 5.10 Å². The van der Waals surface area contributed by atoms with Gasteiger partial charge in [-0.05, 0) is 53.6 Å². The van der Waals surface area contributed by atoms with Crippen molar-refractivity contribution in [3.8, 4) is 5.69 Å². The van der Waals surface area contributed by atoms with Gasteiger partial charge in [-0.25, -0.2) is 4.68 Å². The van der Waals surface area contributed by atoms with E-state index in [1.807, 2.05) is 6.92 Å². The number of rotatable bonds is 5. The van der Waals surface area contributed by atoms with Crippen LogP contribution in [-0.4, -0.2) is 24.8 Å². The van der Waals surface area contributed by atoms with Gasteiger partial charge in [0.1, 0.15) is 6.33 Å². The molecule has 0 saturated carbocycles. The topological polar surface area (TPSA) is 60.6 Å². The van der Waals surface area contributed by atoms with Crippen molar-refractivity contribution in [1.82, 2.24) is 24.8 Å². The van der Waals surface area contributed by atoms with Crippen LogP contribution in [0.2, 0.25) is 0 Å². The minimum Gasteiger partial charge on any atom is -0.381 e. The summed E-state index contributed by atoms with van der Waals surface area (Å²) < 4.78 is 3.84. The number of nitrogens with one attached hydrogen (secondary N) is 1. The van der Waals surface area contributed by atoms with Crippen LogP contribution in [0.15, 0.2) is 43.0 Å². The van der Waals surface area contributed by atoms with Crippen molar-refractivity contribution in [1.29, 1.82) is 0 Å². The summed E-state index contributed by atoms with van der Waals surface area (Å²) in [5.74, 6) is 0. The van der Waals surface area contributed by atoms with Gasteiger partial charge in [-0.2, -0.15) is 0 Å². The Morgan fingerprint density at radius 2 is 2.14 bits per heavy atom. The molecule has 6 heteroatoms. The molecule has 6 nitrogen and oxygen atoms in total. The van der Waals surface area contributed by atoms with E-state index in [-0.39, 0.29) is 0 Å². The van der Waals surface area contributed by atoms with Crippen LogP contribution in [0.25, 0.3) is 5.69 Å². The average Bonchev–Trinajstić information content (AvgIpc) is 3.18. The summed E-state index contributed by atoms with van der Waals surface area (Å²) in [7, 11) is 0. The van der Waals surface area contributed by atoms with E-state index < -0.39 is 0 Å². The molecule has 2 heterocycles. The Kier molecular flexibility index (Phi) is 3.68. The highest BCUT2D eigenvalue weighted by Gasteiger charge is 2.04. The van der Waals surface area contributed by atoms with Crippen LogP contribution in [0.1, 0.15) is 18.1 Å². The number of aryl methyl sites for hydroxylation is 2. The molecule has 21 heavy (non-hydrogen) atoms. The lowest BCUT2D eigenvalue weighted by Gasteiger charge is -2.09. The van der Waals surface area contributed by atoms with Crippen molar-refractivity contribution in [2.24, 2.45) is 0 Å². The molecule has 0 unspecified atom stereocenters. The average molecular weight is 282 g/mol. The highest BCUT2D eigenvalue weighted by molar-refractivity contribution is 5.54. The predicted molar refractivity (Wildman–Crippen MR) is 81.3 cm³/mol. The normalized spacial score (nSPS) is 10.8. The SMILES string of the molecule is CCn1ccc(CNc2ccc(C)c(-n3cnnn3)c2)c1. The fraction of sp³-hybridized carbons (Fsp3) is 0.267. The molecule has 3 rings (SSSR count). The smallest absolute Gasteiger partial charge is 0.143 e. The molecular weight excluding hydrogens is 264 g/mol. The number of aromatic nitrogens is 5. The number of tetrazole rings is 1. The first kappa shape index (κ1) is 13.4. The van der Waals surface area contributed by atoms with Crippen molar-refractivity contribution >= 4 is 5.69 Å². The predicted octanol–water partition coefficient (Wildman–Crippen LogP) is 2.40. The highest BCUT2D eigenvalue weighted by atomic mass is 15.5. The quantitative estimate of drug-likeness (QED) is 0.780. The molecule has 108 valence electrons. The van der Waals surface area contributed by atoms with E-state index in [1.54, 1.807) is 11.0 Å². The summed E-state index contributed by atoms with van der Waals surface area (Å²) >= 11 is 0. The Morgan fingerprint density at radius 1 is 1.24 bits per heavy atom. The van der Waals surface area contributed by atoms with Gasteiger partial charge in [0, 0.05) is 31.2 Å². The van der Waals surface area contributed by atoms with Crippen LogP contribution in [0, 0.1) is 6.92 Å². The van der Waals surface area contributed by atoms with Gasteiger partial charge in [0.2, 0.25) is 0 Å². The molecule has 0 bridgehead atoms. The summed E-state index contributed by atoms with van der Waals surface area (Å²) in [5, 5.41) is 14.7. The standard InChI is InChI=1S/C15H18N6/c1-3-20-7-6-13(10-20)9-16-14-5-4-12(2)15(8-14)21-11-17-18-19-21/h4-8,10-11,16H,3,9H2,1-2H3. The van der Waals surface area contributed by atoms with Crippen molar-refractivity contribution in [2.45, 2.75) is 26.9 Å². The minimum absolute atomic E-state index is 0.797. The van der Waals surface area contributed by atoms with Gasteiger partial charge in [0.25, 0.3) is 0 Å². The van der Waals surface area contributed by atoms with E-state index in [1.165, 1.54) is 5.56 Å². The molecule has 0 aliphatic rings. The lowest BCUT2D eigenvalue weighted by atomic mass is 10.2. The molecule has 1 N–H and O–H groups in total. The van der Waals surface area contributed by atoms with E-state index in [0.29, 0.717) is 0 Å². The molecular formula is C15H18N6. The second-order valence-electron chi connectivity index (χ2n) is 4.96. The first-order valence-corrected chi connectivity index (χ1v) is 6.99. The first-order valence-electron chi connectivity index (χ1n) is 6.99. The number of hydrogen-bond donors (Lipinski definition) is 1. The van der Waals surface area contributed by atoms with Crippen molar-refractivity contribution in [2.75, 3.05) is 5.32 Å². The molecule has 0 amide bonds. The third-order valence-electron chi connectivity index (χ3n) is 3.48. The maximum Gasteiger partial charge on any atom is 0.143 e. The monoisotopic (exact) mass is 282 g/mol. The van der Waals surface area contributed by atoms with E-state index >= 15 is 0 Å². The maximum atomic E-state index is 3.95. The van der Waals surface area contributed by atoms with Crippen LogP contribution < -0.4 is 5.32 Å². The van der Waals surface area contributed by atoms with Gasteiger partial charge in [0.05, 0.1) is 5.69 Å². The number of anilines is 1. The molecule has 0 aliphatic heterocycles. The molecule has 3 aromatic rings. The van der Waals surface area contributed by atoms with Crippen LogP contribution in [0.4, 0.5) is 5.69 Å². The van der Waals surface area contributed by atoms with Crippen LogP contribution >= 0.6 is 0 Å². The zero-order valence-electron chi connectivity index (χ0n) is 12.2. The maximum absolute atomic E-state index is 3.95. The molecule has 0 aliphatic carbocycles. The Morgan fingerprint density at radius 3 is 2.86 bits per heavy atom. The molecule has 0 fully saturated rings. The van der Waals surface area contributed by atoms with E-state index in [0.717, 1.165) is 30.0 Å². The van der Waals surface area contributed by atoms with E-state index in [4.69, 9.17) is 0 Å². The second-order valence-corrected chi connectivity index (χ2v) is 4.96. The van der Waals surface area contributed by atoms with Crippen LogP contribution in [0.3, 0.4) is 0 Å². The molecule has 2 aromatic heterocycles. The van der Waals surface area contributed by atoms with Gasteiger partial charge >= 0.3 is 0 Å². The fourth-order valence-corrected chi connectivity index (χ4v) is 2.23. The van der Waals surface area contributed by atoms with Gasteiger partial charge in [-0.3, -0.25) is 0 Å². The minimum atomic E-state index is 0.797. The van der Waals surface area contributed by atoms with E-state index in [9.17, 15) is 0 Å². The summed E-state index contributed by atoms with van der Waals surface area (Å²) in [4.78, 5) is 0. The van der Waals surface area contributed by atoms with Crippen molar-refractivity contribution in [3.05, 3.63) is 54.1 Å². The van der Waals surface area contributed by atoms with Crippen molar-refractivity contribution in [3.63, 3.8) is 0 Å². The lowest BCUT2D eigenvalue weighted by molar-refractivity contribution is 0.766. The lowest BCUT2D eigenvalue weighted by Crippen LogP contribution is -2.02. The van der Waals surface area contributed by atoms with Crippen molar-refractivity contribution < 1.29 is 0 Å². The summed E-state index contributed by atoms with van der Waals surface area (Å²) in [6, 6.07) is 8.33. The van der Waals surface area contributed by atoms with Crippen LogP contribution in [0.5, 0.6) is 0 Å². The number of hydrogen-bond acceptors (Lipinski definition) is 4. The van der Waals surface area contributed by atoms with Gasteiger partial charge in [-0.1, -0.05) is 6.07 Å². The van der Waals surface area contributed by atoms with Gasteiger partial charge < -0.3 is 9.88 Å². The zero-order chi connectivity index (χ0) is 14.7. The van der Waals surface area contributed by atoms with Gasteiger partial charge in [0.15, 0.2) is 0 Å². The molecule has 1 aromatic carbocycles. The Bertz CT molecular complexity index is 714. The first-order chi connectivity index (χ1) is 10.3. The Balaban J connectivity index is 1.75. The second kappa shape index (κ2) is 5.78. The third-order valence-corrected chi connectivity index (χ3v) is 3.48. The third kappa shape index (κ3) is 2.94. The molecule has 0 saturated heterocycles. The highest BCUT2D eigenvalue weighted by Crippen LogP contribution is 2.19. The summed E-state index contributed by atoms with van der Waals surface area (Å²) in [6.45, 7) is 5.97. The Labute approximate surface area is 123 Å². The van der Waals surface area contributed by atoms with E-state index in [2.05, 4.69) is 69.0 Å². The largest absolute Gasteiger partial charge is 0.381 e. The number of benzene rings is 1. The summed E-state index contributed by atoms with van der Waals surface area (Å²) in [6.07, 6.45) is 5.86. The summed E-state index contributed by atoms with van der Waals surface area (Å²) in [5.41, 5.74) is 4.43. The molecule has 0 radical (unpaired) electrons. The Hall–Kier alpha value is -2.63.